The Morgan fingerprint density at radius 1 is 1.09 bits per heavy atom. The van der Waals surface area contributed by atoms with Crippen molar-refractivity contribution in [2.45, 2.75) is 33.7 Å². The zero-order chi connectivity index (χ0) is 24.5. The van der Waals surface area contributed by atoms with Gasteiger partial charge in [-0.3, -0.25) is 9.59 Å². The number of carbonyl (C=O) groups is 2. The Hall–Kier alpha value is -2.04. The maximum atomic E-state index is 12.7. The van der Waals surface area contributed by atoms with Crippen LogP contribution in [-0.4, -0.2) is 37.3 Å². The highest BCUT2D eigenvalue weighted by Crippen LogP contribution is 2.33. The predicted molar refractivity (Wildman–Crippen MR) is 140 cm³/mol. The summed E-state index contributed by atoms with van der Waals surface area (Å²) < 4.78 is 12.2. The molecule has 0 saturated heterocycles. The summed E-state index contributed by atoms with van der Waals surface area (Å²) in [6, 6.07) is 7.39. The molecule has 2 amide bonds. The van der Waals surface area contributed by atoms with Crippen molar-refractivity contribution < 1.29 is 19.1 Å². The van der Waals surface area contributed by atoms with E-state index in [1.54, 1.807) is 12.1 Å². The summed E-state index contributed by atoms with van der Waals surface area (Å²) in [4.78, 5) is 25.3. The van der Waals surface area contributed by atoms with Gasteiger partial charge in [-0.05, 0) is 78.3 Å². The number of nitrogens with one attached hydrogen (secondary N) is 2. The van der Waals surface area contributed by atoms with Gasteiger partial charge in [0.2, 0.25) is 0 Å². The minimum absolute atomic E-state index is 0.178. The SMILES string of the molecule is CCOc1cc(/C=N/NC(=O)C(NC(=O)c2ccc(Cl)c(Cl)c2)C(C)C)cc(I)c1OCC. The predicted octanol–water partition coefficient (Wildman–Crippen LogP) is 5.30. The average Bonchev–Trinajstić information content (AvgIpc) is 2.76. The first-order chi connectivity index (χ1) is 15.7. The van der Waals surface area contributed by atoms with Gasteiger partial charge in [0.25, 0.3) is 11.8 Å². The number of halogens is 3. The van der Waals surface area contributed by atoms with Crippen molar-refractivity contribution in [3.8, 4) is 11.5 Å². The molecule has 0 bridgehead atoms. The summed E-state index contributed by atoms with van der Waals surface area (Å²) in [6.07, 6.45) is 1.51. The molecule has 2 rings (SSSR count). The molecule has 178 valence electrons. The second-order valence-electron chi connectivity index (χ2n) is 7.25. The second kappa shape index (κ2) is 13.0. The quantitative estimate of drug-likeness (QED) is 0.218. The lowest BCUT2D eigenvalue weighted by Crippen LogP contribution is -2.48. The highest BCUT2D eigenvalue weighted by atomic mass is 127. The molecule has 2 N–H and O–H groups in total. The molecule has 0 aliphatic heterocycles. The third-order valence-corrected chi connectivity index (χ3v) is 5.97. The highest BCUT2D eigenvalue weighted by Gasteiger charge is 2.24. The monoisotopic (exact) mass is 605 g/mol. The fraction of sp³-hybridized carbons (Fsp3) is 0.348. The second-order valence-corrected chi connectivity index (χ2v) is 9.23. The molecule has 0 radical (unpaired) electrons. The molecule has 33 heavy (non-hydrogen) atoms. The lowest BCUT2D eigenvalue weighted by atomic mass is 10.0. The Bertz CT molecular complexity index is 1030. The summed E-state index contributed by atoms with van der Waals surface area (Å²) in [6.45, 7) is 8.45. The van der Waals surface area contributed by atoms with Gasteiger partial charge in [0.05, 0.1) is 33.0 Å². The Balaban J connectivity index is 2.11. The Morgan fingerprint density at radius 2 is 1.79 bits per heavy atom. The summed E-state index contributed by atoms with van der Waals surface area (Å²) >= 11 is 14.1. The van der Waals surface area contributed by atoms with E-state index in [-0.39, 0.29) is 10.9 Å². The van der Waals surface area contributed by atoms with E-state index in [1.807, 2.05) is 33.8 Å². The largest absolute Gasteiger partial charge is 0.490 e. The van der Waals surface area contributed by atoms with Crippen LogP contribution in [-0.2, 0) is 4.79 Å². The number of benzene rings is 2. The fourth-order valence-electron chi connectivity index (χ4n) is 2.85. The summed E-state index contributed by atoms with van der Waals surface area (Å²) in [5.41, 5.74) is 3.53. The highest BCUT2D eigenvalue weighted by molar-refractivity contribution is 14.1. The third-order valence-electron chi connectivity index (χ3n) is 4.43. The van der Waals surface area contributed by atoms with Gasteiger partial charge < -0.3 is 14.8 Å². The molecule has 7 nitrogen and oxygen atoms in total. The van der Waals surface area contributed by atoms with Crippen LogP contribution in [0.2, 0.25) is 10.0 Å². The van der Waals surface area contributed by atoms with Crippen molar-refractivity contribution in [2.24, 2.45) is 11.0 Å². The number of carbonyl (C=O) groups excluding carboxylic acids is 2. The molecule has 2 aromatic carbocycles. The fourth-order valence-corrected chi connectivity index (χ4v) is 3.93. The molecule has 0 heterocycles. The molecular weight excluding hydrogens is 580 g/mol. The van der Waals surface area contributed by atoms with Crippen molar-refractivity contribution in [2.75, 3.05) is 13.2 Å². The molecule has 10 heteroatoms. The van der Waals surface area contributed by atoms with Gasteiger partial charge in [-0.15, -0.1) is 0 Å². The van der Waals surface area contributed by atoms with Crippen molar-refractivity contribution in [1.82, 2.24) is 10.7 Å². The molecule has 0 spiro atoms. The zero-order valence-corrected chi connectivity index (χ0v) is 22.4. The van der Waals surface area contributed by atoms with Crippen LogP contribution >= 0.6 is 45.8 Å². The van der Waals surface area contributed by atoms with E-state index in [9.17, 15) is 9.59 Å². The molecule has 1 atom stereocenters. The van der Waals surface area contributed by atoms with Gasteiger partial charge in [0, 0.05) is 5.56 Å². The van der Waals surface area contributed by atoms with Crippen LogP contribution in [0.1, 0.15) is 43.6 Å². The maximum Gasteiger partial charge on any atom is 0.262 e. The van der Waals surface area contributed by atoms with Gasteiger partial charge >= 0.3 is 0 Å². The summed E-state index contributed by atoms with van der Waals surface area (Å²) in [5, 5.41) is 7.38. The molecule has 0 aliphatic rings. The van der Waals surface area contributed by atoms with Crippen molar-refractivity contribution in [3.05, 3.63) is 55.1 Å². The van der Waals surface area contributed by atoms with Crippen LogP contribution in [0, 0.1) is 9.49 Å². The Kier molecular flexibility index (Phi) is 10.7. The van der Waals surface area contributed by atoms with E-state index in [2.05, 4.69) is 38.4 Å². The van der Waals surface area contributed by atoms with Gasteiger partial charge in [-0.1, -0.05) is 37.0 Å². The smallest absolute Gasteiger partial charge is 0.262 e. The van der Waals surface area contributed by atoms with Gasteiger partial charge in [-0.2, -0.15) is 5.10 Å². The van der Waals surface area contributed by atoms with Crippen LogP contribution < -0.4 is 20.2 Å². The van der Waals surface area contributed by atoms with E-state index in [0.717, 1.165) is 9.13 Å². The number of amides is 2. The minimum Gasteiger partial charge on any atom is -0.490 e. The molecule has 0 aromatic heterocycles. The van der Waals surface area contributed by atoms with E-state index in [4.69, 9.17) is 32.7 Å². The van der Waals surface area contributed by atoms with Crippen LogP contribution in [0.5, 0.6) is 11.5 Å². The first-order valence-electron chi connectivity index (χ1n) is 10.4. The van der Waals surface area contributed by atoms with Crippen molar-refractivity contribution in [3.63, 3.8) is 0 Å². The van der Waals surface area contributed by atoms with Gasteiger partial charge in [0.15, 0.2) is 11.5 Å². The molecule has 0 fully saturated rings. The molecule has 0 saturated carbocycles. The molecular formula is C23H26Cl2IN3O4. The topological polar surface area (TPSA) is 89.0 Å². The summed E-state index contributed by atoms with van der Waals surface area (Å²) in [5.74, 6) is 0.219. The molecule has 2 aromatic rings. The number of rotatable bonds is 10. The van der Waals surface area contributed by atoms with Crippen LogP contribution in [0.3, 0.4) is 0 Å². The van der Waals surface area contributed by atoms with E-state index in [0.29, 0.717) is 35.3 Å². The first-order valence-corrected chi connectivity index (χ1v) is 12.2. The average molecular weight is 606 g/mol. The van der Waals surface area contributed by atoms with Gasteiger partial charge in [-0.25, -0.2) is 5.43 Å². The van der Waals surface area contributed by atoms with Crippen LogP contribution in [0.4, 0.5) is 0 Å². The number of hydrazone groups is 1. The summed E-state index contributed by atoms with van der Waals surface area (Å²) in [7, 11) is 0. The Labute approximate surface area is 217 Å². The third kappa shape index (κ3) is 7.75. The van der Waals surface area contributed by atoms with Crippen LogP contribution in [0.25, 0.3) is 0 Å². The minimum atomic E-state index is -0.802. The Morgan fingerprint density at radius 3 is 2.39 bits per heavy atom. The standard InChI is InChI=1S/C23H26Cl2IN3O4/c1-5-32-19-10-14(9-18(26)21(19)33-6-2)12-27-29-23(31)20(13(3)4)28-22(30)15-7-8-16(24)17(25)11-15/h7-13,20H,5-6H2,1-4H3,(H,28,30)(H,29,31)/b27-12+. The normalized spacial score (nSPS) is 12.0. The number of ether oxygens (including phenoxy) is 2. The first kappa shape index (κ1) is 27.2. The lowest BCUT2D eigenvalue weighted by molar-refractivity contribution is -0.123. The van der Waals surface area contributed by atoms with E-state index in [1.165, 1.54) is 18.3 Å². The van der Waals surface area contributed by atoms with Gasteiger partial charge in [0.1, 0.15) is 6.04 Å². The number of hydrogen-bond donors (Lipinski definition) is 2. The lowest BCUT2D eigenvalue weighted by Gasteiger charge is -2.20. The zero-order valence-electron chi connectivity index (χ0n) is 18.7. The van der Waals surface area contributed by atoms with E-state index < -0.39 is 17.9 Å². The maximum absolute atomic E-state index is 12.7. The van der Waals surface area contributed by atoms with E-state index >= 15 is 0 Å². The van der Waals surface area contributed by atoms with Crippen LogP contribution in [0.15, 0.2) is 35.4 Å². The van der Waals surface area contributed by atoms with Crippen molar-refractivity contribution in [1.29, 1.82) is 0 Å². The van der Waals surface area contributed by atoms with Crippen molar-refractivity contribution >= 4 is 63.8 Å². The molecule has 1 unspecified atom stereocenters. The molecule has 0 aliphatic carbocycles. The number of nitrogens with zero attached hydrogens (tertiary/aromatic N) is 1. The number of hydrogen-bond acceptors (Lipinski definition) is 5.